The van der Waals surface area contributed by atoms with E-state index in [-0.39, 0.29) is 0 Å². The molecule has 0 unspecified atom stereocenters. The van der Waals surface area contributed by atoms with Gasteiger partial charge in [0.25, 0.3) is 0 Å². The molecule has 9 aromatic rings. The smallest absolute Gasteiger partial charge is 0.0714 e. The number of thiophene rings is 1. The zero-order chi connectivity index (χ0) is 33.8. The first kappa shape index (κ1) is 29.7. The van der Waals surface area contributed by atoms with Crippen molar-refractivity contribution in [1.29, 1.82) is 0 Å². The Bertz CT molecular complexity index is 2650. The minimum Gasteiger partial charge on any atom is -0.308 e. The minimum atomic E-state index is -0.481. The van der Waals surface area contributed by atoms with Crippen LogP contribution in [-0.4, -0.2) is 0 Å². The summed E-state index contributed by atoms with van der Waals surface area (Å²) in [5.74, 6) is 0. The van der Waals surface area contributed by atoms with Crippen molar-refractivity contribution in [3.63, 3.8) is 0 Å². The Morgan fingerprint density at radius 1 is 0.412 bits per heavy atom. The first-order chi connectivity index (χ1) is 25.3. The van der Waals surface area contributed by atoms with Gasteiger partial charge in [-0.05, 0) is 69.3 Å². The van der Waals surface area contributed by atoms with Gasteiger partial charge in [0, 0.05) is 26.7 Å². The summed E-state index contributed by atoms with van der Waals surface area (Å²) in [7, 11) is 0. The molecule has 51 heavy (non-hydrogen) atoms. The van der Waals surface area contributed by atoms with Gasteiger partial charge in [0.05, 0.1) is 21.5 Å². The molecule has 0 spiro atoms. The normalized spacial score (nSPS) is 12.9. The van der Waals surface area contributed by atoms with E-state index in [0.29, 0.717) is 0 Å². The predicted octanol–water partition coefficient (Wildman–Crippen LogP) is 13.6. The third-order valence-electron chi connectivity index (χ3n) is 10.5. The van der Waals surface area contributed by atoms with Crippen LogP contribution in [0.3, 0.4) is 0 Å². The highest BCUT2D eigenvalue weighted by molar-refractivity contribution is 7.26. The van der Waals surface area contributed by atoms with Crippen LogP contribution in [0.5, 0.6) is 0 Å². The molecule has 1 aromatic heterocycles. The molecule has 1 heterocycles. The Kier molecular flexibility index (Phi) is 6.97. The molecule has 0 radical (unpaired) electrons. The molecular formula is C49H33NS. The predicted molar refractivity (Wildman–Crippen MR) is 217 cm³/mol. The van der Waals surface area contributed by atoms with Crippen LogP contribution in [0.25, 0.3) is 42.4 Å². The van der Waals surface area contributed by atoms with Gasteiger partial charge < -0.3 is 4.90 Å². The first-order valence-corrected chi connectivity index (χ1v) is 18.3. The Balaban J connectivity index is 1.31. The van der Waals surface area contributed by atoms with E-state index in [1.54, 1.807) is 0 Å². The summed E-state index contributed by atoms with van der Waals surface area (Å²) in [4.78, 5) is 2.52. The SMILES string of the molecule is c1ccc(-c2cccc(N(c3cccc4c3-c3ccccc3C4(c3ccccc3)c3ccccc3)c3cccc4c3sc3ccccc34)c2)cc1. The van der Waals surface area contributed by atoms with E-state index in [1.165, 1.54) is 76.1 Å². The van der Waals surface area contributed by atoms with Gasteiger partial charge >= 0.3 is 0 Å². The standard InChI is InChI=1S/C49H33NS/c1-4-17-34(18-5-1)35-19-14-24-38(33-35)50(45-31-15-27-40-39-25-11-13-32-46(39)51-48(40)45)44-30-16-29-43-47(44)41-26-10-12-28-42(41)49(43,36-20-6-2-7-21-36)37-22-8-3-9-23-37/h1-33H. The average Bonchev–Trinajstić information content (AvgIpc) is 3.74. The van der Waals surface area contributed by atoms with Gasteiger partial charge in [-0.15, -0.1) is 11.3 Å². The number of fused-ring (bicyclic) bond motifs is 6. The lowest BCUT2D eigenvalue weighted by atomic mass is 9.68. The Morgan fingerprint density at radius 2 is 0.980 bits per heavy atom. The van der Waals surface area contributed by atoms with Crippen molar-refractivity contribution in [3.05, 3.63) is 222 Å². The van der Waals surface area contributed by atoms with E-state index in [0.717, 1.165) is 5.69 Å². The Morgan fingerprint density at radius 3 is 1.76 bits per heavy atom. The Labute approximate surface area is 302 Å². The topological polar surface area (TPSA) is 3.24 Å². The monoisotopic (exact) mass is 667 g/mol. The molecule has 8 aromatic carbocycles. The summed E-state index contributed by atoms with van der Waals surface area (Å²) in [6.45, 7) is 0. The molecule has 1 nitrogen and oxygen atoms in total. The van der Waals surface area contributed by atoms with Crippen LogP contribution in [0.1, 0.15) is 22.3 Å². The van der Waals surface area contributed by atoms with E-state index in [1.807, 2.05) is 11.3 Å². The summed E-state index contributed by atoms with van der Waals surface area (Å²) < 4.78 is 2.58. The van der Waals surface area contributed by atoms with E-state index < -0.39 is 5.41 Å². The lowest BCUT2D eigenvalue weighted by Crippen LogP contribution is -2.28. The second-order valence-corrected chi connectivity index (χ2v) is 14.3. The zero-order valence-corrected chi connectivity index (χ0v) is 28.7. The number of benzene rings is 8. The number of rotatable bonds is 6. The summed E-state index contributed by atoms with van der Waals surface area (Å²) in [5, 5.41) is 2.58. The maximum absolute atomic E-state index is 2.52. The van der Waals surface area contributed by atoms with Crippen molar-refractivity contribution < 1.29 is 0 Å². The minimum absolute atomic E-state index is 0.481. The highest BCUT2D eigenvalue weighted by Crippen LogP contribution is 2.60. The lowest BCUT2D eigenvalue weighted by molar-refractivity contribution is 0.768. The van der Waals surface area contributed by atoms with Crippen LogP contribution in [0.15, 0.2) is 200 Å². The molecule has 240 valence electrons. The molecule has 1 aliphatic carbocycles. The second-order valence-electron chi connectivity index (χ2n) is 13.2. The van der Waals surface area contributed by atoms with Crippen molar-refractivity contribution in [2.45, 2.75) is 5.41 Å². The highest BCUT2D eigenvalue weighted by Gasteiger charge is 2.47. The molecule has 0 amide bonds. The van der Waals surface area contributed by atoms with Gasteiger partial charge in [-0.1, -0.05) is 170 Å². The van der Waals surface area contributed by atoms with Gasteiger partial charge in [0.15, 0.2) is 0 Å². The molecule has 1 aliphatic rings. The van der Waals surface area contributed by atoms with E-state index >= 15 is 0 Å². The highest BCUT2D eigenvalue weighted by atomic mass is 32.1. The van der Waals surface area contributed by atoms with Crippen LogP contribution in [0.2, 0.25) is 0 Å². The van der Waals surface area contributed by atoms with Crippen molar-refractivity contribution in [2.24, 2.45) is 0 Å². The summed E-state index contributed by atoms with van der Waals surface area (Å²) in [6.07, 6.45) is 0. The van der Waals surface area contributed by atoms with Gasteiger partial charge in [0.1, 0.15) is 0 Å². The third kappa shape index (κ3) is 4.54. The fourth-order valence-corrected chi connectivity index (χ4v) is 9.64. The summed E-state index contributed by atoms with van der Waals surface area (Å²) >= 11 is 1.88. The fraction of sp³-hybridized carbons (Fsp3) is 0.0204. The molecule has 10 rings (SSSR count). The summed E-state index contributed by atoms with van der Waals surface area (Å²) in [6, 6.07) is 73.4. The van der Waals surface area contributed by atoms with E-state index in [4.69, 9.17) is 0 Å². The maximum atomic E-state index is 2.52. The van der Waals surface area contributed by atoms with Crippen LogP contribution < -0.4 is 4.90 Å². The van der Waals surface area contributed by atoms with Crippen LogP contribution >= 0.6 is 11.3 Å². The molecule has 2 heteroatoms. The van der Waals surface area contributed by atoms with Crippen LogP contribution in [0.4, 0.5) is 17.1 Å². The molecule has 0 saturated heterocycles. The van der Waals surface area contributed by atoms with Gasteiger partial charge in [-0.3, -0.25) is 0 Å². The number of anilines is 3. The van der Waals surface area contributed by atoms with E-state index in [9.17, 15) is 0 Å². The molecule has 0 fully saturated rings. The van der Waals surface area contributed by atoms with E-state index in [2.05, 4.69) is 205 Å². The van der Waals surface area contributed by atoms with Crippen LogP contribution in [0, 0.1) is 0 Å². The van der Waals surface area contributed by atoms with Crippen molar-refractivity contribution in [2.75, 3.05) is 4.90 Å². The molecule has 0 N–H and O–H groups in total. The number of hydrogen-bond donors (Lipinski definition) is 0. The number of hydrogen-bond acceptors (Lipinski definition) is 2. The van der Waals surface area contributed by atoms with Gasteiger partial charge in [-0.25, -0.2) is 0 Å². The fourth-order valence-electron chi connectivity index (χ4n) is 8.43. The molecular weight excluding hydrogens is 635 g/mol. The molecule has 0 saturated carbocycles. The largest absolute Gasteiger partial charge is 0.308 e. The average molecular weight is 668 g/mol. The molecule has 0 atom stereocenters. The Hall–Kier alpha value is -6.22. The third-order valence-corrected chi connectivity index (χ3v) is 11.7. The molecule has 0 bridgehead atoms. The van der Waals surface area contributed by atoms with Gasteiger partial charge in [-0.2, -0.15) is 0 Å². The molecule has 0 aliphatic heterocycles. The summed E-state index contributed by atoms with van der Waals surface area (Å²) in [5.41, 5.74) is 13.1. The first-order valence-electron chi connectivity index (χ1n) is 17.5. The quantitative estimate of drug-likeness (QED) is 0.171. The van der Waals surface area contributed by atoms with Crippen LogP contribution in [-0.2, 0) is 5.41 Å². The number of nitrogens with zero attached hydrogens (tertiary/aromatic N) is 1. The maximum Gasteiger partial charge on any atom is 0.0714 e. The van der Waals surface area contributed by atoms with Gasteiger partial charge in [0.2, 0.25) is 0 Å². The second kappa shape index (κ2) is 12.0. The lowest BCUT2D eigenvalue weighted by Gasteiger charge is -2.34. The zero-order valence-electron chi connectivity index (χ0n) is 27.9. The van der Waals surface area contributed by atoms with Crippen molar-refractivity contribution in [3.8, 4) is 22.3 Å². The van der Waals surface area contributed by atoms with Crippen molar-refractivity contribution in [1.82, 2.24) is 0 Å². The van der Waals surface area contributed by atoms with Crippen molar-refractivity contribution >= 4 is 48.6 Å².